The van der Waals surface area contributed by atoms with Gasteiger partial charge in [0.2, 0.25) is 0 Å². The van der Waals surface area contributed by atoms with E-state index in [1.165, 1.54) is 44.1 Å². The zero-order chi connectivity index (χ0) is 23.2. The second-order valence-electron chi connectivity index (χ2n) is 8.88. The van der Waals surface area contributed by atoms with Crippen molar-refractivity contribution < 1.29 is 19.7 Å². The molecule has 0 heterocycles. The molecule has 0 saturated heterocycles. The molecule has 2 aromatic rings. The van der Waals surface area contributed by atoms with Crippen LogP contribution in [0.3, 0.4) is 0 Å². The Bertz CT molecular complexity index is 778. The van der Waals surface area contributed by atoms with Gasteiger partial charge >= 0.3 is 6.09 Å². The number of rotatable bonds is 14. The molecule has 32 heavy (non-hydrogen) atoms. The van der Waals surface area contributed by atoms with Gasteiger partial charge in [-0.2, -0.15) is 0 Å². The average molecular weight is 442 g/mol. The number of carbonyl (C=O) groups is 1. The first-order valence-electron chi connectivity index (χ1n) is 11.8. The Morgan fingerprint density at radius 2 is 1.62 bits per heavy atom. The molecule has 3 N–H and O–H groups in total. The quantitative estimate of drug-likeness (QED) is 0.329. The Labute approximate surface area is 192 Å². The van der Waals surface area contributed by atoms with Crippen molar-refractivity contribution in [3.05, 3.63) is 71.3 Å². The number of nitrogens with one attached hydrogen (secondary N) is 1. The van der Waals surface area contributed by atoms with Crippen molar-refractivity contribution in [1.29, 1.82) is 0 Å². The predicted molar refractivity (Wildman–Crippen MR) is 128 cm³/mol. The van der Waals surface area contributed by atoms with Crippen molar-refractivity contribution in [2.24, 2.45) is 0 Å². The maximum absolute atomic E-state index is 12.2. The first-order valence-corrected chi connectivity index (χ1v) is 11.8. The number of hydrogen-bond acceptors (Lipinski definition) is 4. The van der Waals surface area contributed by atoms with E-state index >= 15 is 0 Å². The van der Waals surface area contributed by atoms with Crippen LogP contribution in [-0.4, -0.2) is 28.5 Å². The number of alkyl carbamates (subject to hydrolysis) is 1. The molecule has 0 saturated carbocycles. The number of aliphatic hydroxyl groups is 2. The van der Waals surface area contributed by atoms with Gasteiger partial charge in [-0.15, -0.1) is 0 Å². The first-order chi connectivity index (χ1) is 15.5. The lowest BCUT2D eigenvalue weighted by Crippen LogP contribution is -2.50. The smallest absolute Gasteiger partial charge is 0.407 e. The minimum atomic E-state index is -0.996. The Kier molecular flexibility index (Phi) is 11.3. The van der Waals surface area contributed by atoms with Crippen molar-refractivity contribution in [2.45, 2.75) is 83.5 Å². The topological polar surface area (TPSA) is 78.8 Å². The minimum absolute atomic E-state index is 0.150. The third kappa shape index (κ3) is 9.41. The molecule has 176 valence electrons. The fourth-order valence-corrected chi connectivity index (χ4v) is 3.72. The molecule has 5 nitrogen and oxygen atoms in total. The SMILES string of the molecule is CCCCCCCCc1ccc(C(O)CC(C)(CO)NC(=O)OCc2ccccc2)cc1. The molecule has 0 fully saturated rings. The zero-order valence-corrected chi connectivity index (χ0v) is 19.6. The van der Waals surface area contributed by atoms with Crippen molar-refractivity contribution in [1.82, 2.24) is 5.32 Å². The van der Waals surface area contributed by atoms with E-state index in [1.807, 2.05) is 42.5 Å². The fraction of sp³-hybridized carbons (Fsp3) is 0.519. The number of benzene rings is 2. The van der Waals surface area contributed by atoms with E-state index < -0.39 is 17.7 Å². The summed E-state index contributed by atoms with van der Waals surface area (Å²) in [6.07, 6.45) is 7.45. The normalized spacial score (nSPS) is 13.9. The third-order valence-electron chi connectivity index (χ3n) is 5.79. The summed E-state index contributed by atoms with van der Waals surface area (Å²) in [5, 5.41) is 23.2. The van der Waals surface area contributed by atoms with Gasteiger partial charge in [-0.3, -0.25) is 0 Å². The van der Waals surface area contributed by atoms with Gasteiger partial charge in [0.1, 0.15) is 6.61 Å². The van der Waals surface area contributed by atoms with Crippen LogP contribution < -0.4 is 5.32 Å². The van der Waals surface area contributed by atoms with Crippen LogP contribution in [0.4, 0.5) is 4.79 Å². The lowest BCUT2D eigenvalue weighted by atomic mass is 9.91. The van der Waals surface area contributed by atoms with Gasteiger partial charge in [-0.1, -0.05) is 93.6 Å². The van der Waals surface area contributed by atoms with E-state index in [9.17, 15) is 15.0 Å². The van der Waals surface area contributed by atoms with Crippen LogP contribution in [0, 0.1) is 0 Å². The van der Waals surface area contributed by atoms with E-state index in [4.69, 9.17) is 4.74 Å². The predicted octanol–water partition coefficient (Wildman–Crippen LogP) is 5.69. The summed E-state index contributed by atoms with van der Waals surface area (Å²) in [4.78, 5) is 12.2. The molecule has 2 atom stereocenters. The van der Waals surface area contributed by atoms with Gasteiger partial charge in [0.15, 0.2) is 0 Å². The van der Waals surface area contributed by atoms with Crippen molar-refractivity contribution in [2.75, 3.05) is 6.61 Å². The van der Waals surface area contributed by atoms with E-state index in [0.717, 1.165) is 17.5 Å². The highest BCUT2D eigenvalue weighted by Crippen LogP contribution is 2.25. The lowest BCUT2D eigenvalue weighted by Gasteiger charge is -2.30. The number of carbonyl (C=O) groups excluding carboxylic acids is 1. The van der Waals surface area contributed by atoms with Gasteiger partial charge in [-0.05, 0) is 36.5 Å². The standard InChI is InChI=1S/C27H39NO4/c1-3-4-5-6-7-9-12-22-15-17-24(18-16-22)25(30)19-27(2,21-29)28-26(31)32-20-23-13-10-8-11-14-23/h8,10-11,13-18,25,29-30H,3-7,9,12,19-21H2,1-2H3,(H,28,31). The summed E-state index contributed by atoms with van der Waals surface area (Å²) < 4.78 is 5.25. The number of amides is 1. The van der Waals surface area contributed by atoms with E-state index in [0.29, 0.717) is 0 Å². The van der Waals surface area contributed by atoms with Crippen molar-refractivity contribution >= 4 is 6.09 Å². The summed E-state index contributed by atoms with van der Waals surface area (Å²) in [7, 11) is 0. The molecule has 0 aliphatic rings. The minimum Gasteiger partial charge on any atom is -0.445 e. The number of hydrogen-bond donors (Lipinski definition) is 3. The average Bonchev–Trinajstić information content (AvgIpc) is 2.81. The molecule has 2 aromatic carbocycles. The van der Waals surface area contributed by atoms with Crippen LogP contribution in [0.2, 0.25) is 0 Å². The Hall–Kier alpha value is -2.37. The summed E-state index contributed by atoms with van der Waals surface area (Å²) in [6.45, 7) is 3.77. The molecule has 2 unspecified atom stereocenters. The highest BCUT2D eigenvalue weighted by atomic mass is 16.5. The Morgan fingerprint density at radius 3 is 2.28 bits per heavy atom. The molecule has 0 bridgehead atoms. The molecule has 0 radical (unpaired) electrons. The second-order valence-corrected chi connectivity index (χ2v) is 8.88. The largest absolute Gasteiger partial charge is 0.445 e. The summed E-state index contributed by atoms with van der Waals surface area (Å²) in [5.74, 6) is 0. The molecule has 0 aliphatic carbocycles. The first kappa shape index (κ1) is 25.9. The number of aliphatic hydroxyl groups excluding tert-OH is 2. The fourth-order valence-electron chi connectivity index (χ4n) is 3.72. The molecule has 2 rings (SSSR count). The lowest BCUT2D eigenvalue weighted by molar-refractivity contribution is 0.0739. The summed E-state index contributed by atoms with van der Waals surface area (Å²) >= 11 is 0. The van der Waals surface area contributed by atoms with Crippen LogP contribution in [-0.2, 0) is 17.8 Å². The molecular weight excluding hydrogens is 402 g/mol. The second kappa shape index (κ2) is 13.9. The van der Waals surface area contributed by atoms with E-state index in [1.54, 1.807) is 6.92 Å². The van der Waals surface area contributed by atoms with Crippen LogP contribution in [0.1, 0.15) is 81.6 Å². The number of unbranched alkanes of at least 4 members (excludes halogenated alkanes) is 5. The molecule has 0 spiro atoms. The van der Waals surface area contributed by atoms with Gasteiger partial charge in [-0.25, -0.2) is 4.79 Å². The van der Waals surface area contributed by atoms with Gasteiger partial charge in [0, 0.05) is 6.42 Å². The van der Waals surface area contributed by atoms with Crippen LogP contribution in [0.15, 0.2) is 54.6 Å². The van der Waals surface area contributed by atoms with Gasteiger partial charge in [0.25, 0.3) is 0 Å². The Balaban J connectivity index is 1.80. The maximum atomic E-state index is 12.2. The molecule has 5 heteroatoms. The van der Waals surface area contributed by atoms with E-state index in [2.05, 4.69) is 24.4 Å². The van der Waals surface area contributed by atoms with Crippen LogP contribution >= 0.6 is 0 Å². The third-order valence-corrected chi connectivity index (χ3v) is 5.79. The van der Waals surface area contributed by atoms with Crippen LogP contribution in [0.25, 0.3) is 0 Å². The monoisotopic (exact) mass is 441 g/mol. The zero-order valence-electron chi connectivity index (χ0n) is 19.6. The van der Waals surface area contributed by atoms with Gasteiger partial charge < -0.3 is 20.3 Å². The number of aryl methyl sites for hydroxylation is 1. The molecular formula is C27H39NO4. The Morgan fingerprint density at radius 1 is 0.969 bits per heavy atom. The summed E-state index contributed by atoms with van der Waals surface area (Å²) in [5.41, 5.74) is 1.93. The molecule has 0 aliphatic heterocycles. The van der Waals surface area contributed by atoms with Crippen LogP contribution in [0.5, 0.6) is 0 Å². The highest BCUT2D eigenvalue weighted by Gasteiger charge is 2.30. The molecule has 1 amide bonds. The van der Waals surface area contributed by atoms with E-state index in [-0.39, 0.29) is 19.6 Å². The van der Waals surface area contributed by atoms with Crippen molar-refractivity contribution in [3.8, 4) is 0 Å². The number of ether oxygens (including phenoxy) is 1. The van der Waals surface area contributed by atoms with Crippen molar-refractivity contribution in [3.63, 3.8) is 0 Å². The highest BCUT2D eigenvalue weighted by molar-refractivity contribution is 5.68. The molecule has 0 aromatic heterocycles. The maximum Gasteiger partial charge on any atom is 0.407 e. The summed E-state index contributed by atoms with van der Waals surface area (Å²) in [6, 6.07) is 17.4. The van der Waals surface area contributed by atoms with Gasteiger partial charge in [0.05, 0.1) is 18.2 Å².